The topological polar surface area (TPSA) is 33.7 Å². The second-order valence-corrected chi connectivity index (χ2v) is 5.07. The van der Waals surface area contributed by atoms with Gasteiger partial charge in [-0.25, -0.2) is 0 Å². The van der Waals surface area contributed by atoms with E-state index in [9.17, 15) is 0 Å². The van der Waals surface area contributed by atoms with Crippen LogP contribution >= 0.6 is 0 Å². The minimum Gasteiger partial charge on any atom is -0.492 e. The lowest BCUT2D eigenvalue weighted by atomic mass is 10.2. The number of hydrogen-bond donors (Lipinski definition) is 1. The molecular weight excluding hydrogens is 240 g/mol. The van der Waals surface area contributed by atoms with Gasteiger partial charge in [-0.15, -0.1) is 0 Å². The number of nitrogens with one attached hydrogen (secondary N) is 1. The van der Waals surface area contributed by atoms with Crippen molar-refractivity contribution in [3.8, 4) is 5.75 Å². The summed E-state index contributed by atoms with van der Waals surface area (Å²) in [5.74, 6) is 0.978. The Bertz CT molecular complexity index is 378. The minimum absolute atomic E-state index is 0.303. The first-order valence-electron chi connectivity index (χ1n) is 6.95. The van der Waals surface area contributed by atoms with Crippen molar-refractivity contribution in [2.24, 2.45) is 0 Å². The molecule has 0 amide bonds. The maximum Gasteiger partial charge on any atom is 0.122 e. The van der Waals surface area contributed by atoms with Gasteiger partial charge in [0.2, 0.25) is 0 Å². The molecule has 19 heavy (non-hydrogen) atoms. The van der Waals surface area contributed by atoms with E-state index in [4.69, 9.17) is 9.47 Å². The first-order valence-corrected chi connectivity index (χ1v) is 6.95. The predicted molar refractivity (Wildman–Crippen MR) is 76.8 cm³/mol. The van der Waals surface area contributed by atoms with Crippen LogP contribution in [0.25, 0.3) is 0 Å². The SMILES string of the molecule is Cc1ccccc1OCCN(C)CC1CNCCO1. The van der Waals surface area contributed by atoms with E-state index < -0.39 is 0 Å². The van der Waals surface area contributed by atoms with E-state index in [1.54, 1.807) is 0 Å². The molecular formula is C15H24N2O2. The summed E-state index contributed by atoms with van der Waals surface area (Å²) in [6, 6.07) is 8.12. The van der Waals surface area contributed by atoms with Crippen molar-refractivity contribution in [3.63, 3.8) is 0 Å². The fourth-order valence-electron chi connectivity index (χ4n) is 2.21. The van der Waals surface area contributed by atoms with E-state index >= 15 is 0 Å². The highest BCUT2D eigenvalue weighted by molar-refractivity contribution is 5.31. The molecule has 4 heteroatoms. The molecule has 1 unspecified atom stereocenters. The number of likely N-dealkylation sites (N-methyl/N-ethyl adjacent to an activating group) is 1. The maximum atomic E-state index is 5.80. The highest BCUT2D eigenvalue weighted by atomic mass is 16.5. The van der Waals surface area contributed by atoms with Crippen LogP contribution in [0.5, 0.6) is 5.75 Å². The summed E-state index contributed by atoms with van der Waals surface area (Å²) >= 11 is 0. The van der Waals surface area contributed by atoms with E-state index in [0.29, 0.717) is 12.7 Å². The maximum absolute atomic E-state index is 5.80. The Morgan fingerprint density at radius 3 is 3.00 bits per heavy atom. The average molecular weight is 264 g/mol. The van der Waals surface area contributed by atoms with Crippen LogP contribution in [0, 0.1) is 6.92 Å². The summed E-state index contributed by atoms with van der Waals surface area (Å²) in [5.41, 5.74) is 1.19. The van der Waals surface area contributed by atoms with Gasteiger partial charge < -0.3 is 19.7 Å². The van der Waals surface area contributed by atoms with Crippen molar-refractivity contribution < 1.29 is 9.47 Å². The standard InChI is InChI=1S/C15H24N2O2/c1-13-5-3-4-6-15(13)19-10-8-17(2)12-14-11-16-7-9-18-14/h3-6,14,16H,7-12H2,1-2H3. The number of aryl methyl sites for hydroxylation is 1. The number of ether oxygens (including phenoxy) is 2. The summed E-state index contributed by atoms with van der Waals surface area (Å²) in [6.45, 7) is 7.37. The van der Waals surface area contributed by atoms with Crippen molar-refractivity contribution in [1.82, 2.24) is 10.2 Å². The van der Waals surface area contributed by atoms with Crippen LogP contribution in [0.4, 0.5) is 0 Å². The Labute approximate surface area is 115 Å². The molecule has 106 valence electrons. The number of nitrogens with zero attached hydrogens (tertiary/aromatic N) is 1. The molecule has 1 aliphatic heterocycles. The third-order valence-electron chi connectivity index (χ3n) is 3.34. The molecule has 1 N–H and O–H groups in total. The highest BCUT2D eigenvalue weighted by Gasteiger charge is 2.15. The largest absolute Gasteiger partial charge is 0.492 e. The second-order valence-electron chi connectivity index (χ2n) is 5.07. The molecule has 1 saturated heterocycles. The van der Waals surface area contributed by atoms with Crippen LogP contribution in [-0.4, -0.2) is 57.4 Å². The van der Waals surface area contributed by atoms with Gasteiger partial charge in [0.05, 0.1) is 12.7 Å². The molecule has 4 nitrogen and oxygen atoms in total. The van der Waals surface area contributed by atoms with Crippen LogP contribution in [0.3, 0.4) is 0 Å². The van der Waals surface area contributed by atoms with Gasteiger partial charge in [-0.3, -0.25) is 0 Å². The number of rotatable bonds is 6. The van der Waals surface area contributed by atoms with Crippen molar-refractivity contribution in [1.29, 1.82) is 0 Å². The number of para-hydroxylation sites is 1. The van der Waals surface area contributed by atoms with E-state index in [1.807, 2.05) is 18.2 Å². The Kier molecular flexibility index (Phi) is 5.63. The van der Waals surface area contributed by atoms with Crippen molar-refractivity contribution in [2.75, 3.05) is 46.4 Å². The summed E-state index contributed by atoms with van der Waals surface area (Å²) in [6.07, 6.45) is 0.303. The molecule has 1 atom stereocenters. The van der Waals surface area contributed by atoms with E-state index in [1.165, 1.54) is 5.56 Å². The number of benzene rings is 1. The Morgan fingerprint density at radius 1 is 1.42 bits per heavy atom. The van der Waals surface area contributed by atoms with Gasteiger partial charge in [0.25, 0.3) is 0 Å². The molecule has 1 aliphatic rings. The third kappa shape index (κ3) is 4.82. The van der Waals surface area contributed by atoms with Gasteiger partial charge >= 0.3 is 0 Å². The zero-order valence-electron chi connectivity index (χ0n) is 11.9. The normalized spacial score (nSPS) is 19.6. The number of hydrogen-bond acceptors (Lipinski definition) is 4. The van der Waals surface area contributed by atoms with Gasteiger partial charge in [-0.05, 0) is 25.6 Å². The fraction of sp³-hybridized carbons (Fsp3) is 0.600. The Morgan fingerprint density at radius 2 is 2.26 bits per heavy atom. The van der Waals surface area contributed by atoms with E-state index in [2.05, 4.69) is 30.3 Å². The second kappa shape index (κ2) is 7.48. The molecule has 0 aliphatic carbocycles. The number of morpholine rings is 1. The lowest BCUT2D eigenvalue weighted by Gasteiger charge is -2.28. The van der Waals surface area contributed by atoms with Crippen LogP contribution < -0.4 is 10.1 Å². The molecule has 0 aromatic heterocycles. The van der Waals surface area contributed by atoms with Gasteiger partial charge in [0.15, 0.2) is 0 Å². The smallest absolute Gasteiger partial charge is 0.122 e. The molecule has 1 aromatic rings. The van der Waals surface area contributed by atoms with Gasteiger partial charge in [-0.1, -0.05) is 18.2 Å². The zero-order valence-corrected chi connectivity index (χ0v) is 11.9. The Hall–Kier alpha value is -1.10. The fourth-order valence-corrected chi connectivity index (χ4v) is 2.21. The molecule has 1 heterocycles. The predicted octanol–water partition coefficient (Wildman–Crippen LogP) is 1.29. The lowest BCUT2D eigenvalue weighted by Crippen LogP contribution is -2.45. The summed E-state index contributed by atoms with van der Waals surface area (Å²) in [4.78, 5) is 2.26. The quantitative estimate of drug-likeness (QED) is 0.839. The van der Waals surface area contributed by atoms with Crippen LogP contribution in [0.15, 0.2) is 24.3 Å². The summed E-state index contributed by atoms with van der Waals surface area (Å²) < 4.78 is 11.5. The van der Waals surface area contributed by atoms with Gasteiger partial charge in [-0.2, -0.15) is 0 Å². The minimum atomic E-state index is 0.303. The van der Waals surface area contributed by atoms with Crippen molar-refractivity contribution in [2.45, 2.75) is 13.0 Å². The van der Waals surface area contributed by atoms with E-state index in [0.717, 1.165) is 38.5 Å². The molecule has 0 bridgehead atoms. The summed E-state index contributed by atoms with van der Waals surface area (Å²) in [5, 5.41) is 3.35. The monoisotopic (exact) mass is 264 g/mol. The van der Waals surface area contributed by atoms with Crippen LogP contribution in [-0.2, 0) is 4.74 Å². The zero-order chi connectivity index (χ0) is 13.5. The van der Waals surface area contributed by atoms with Crippen molar-refractivity contribution >= 4 is 0 Å². The highest BCUT2D eigenvalue weighted by Crippen LogP contribution is 2.15. The molecule has 0 saturated carbocycles. The summed E-state index contributed by atoms with van der Waals surface area (Å²) in [7, 11) is 2.11. The molecule has 2 rings (SSSR count). The van der Waals surface area contributed by atoms with Gasteiger partial charge in [0, 0.05) is 26.2 Å². The van der Waals surface area contributed by atoms with Crippen LogP contribution in [0.2, 0.25) is 0 Å². The first kappa shape index (κ1) is 14.3. The molecule has 1 fully saturated rings. The lowest BCUT2D eigenvalue weighted by molar-refractivity contribution is 0.00847. The third-order valence-corrected chi connectivity index (χ3v) is 3.34. The first-order chi connectivity index (χ1) is 9.25. The van der Waals surface area contributed by atoms with Gasteiger partial charge in [0.1, 0.15) is 12.4 Å². The molecule has 1 aromatic carbocycles. The van der Waals surface area contributed by atoms with Crippen LogP contribution in [0.1, 0.15) is 5.56 Å². The molecule has 0 spiro atoms. The average Bonchev–Trinajstić information content (AvgIpc) is 2.42. The van der Waals surface area contributed by atoms with E-state index in [-0.39, 0.29) is 0 Å². The Balaban J connectivity index is 1.66. The molecule has 0 radical (unpaired) electrons. The van der Waals surface area contributed by atoms with Crippen molar-refractivity contribution in [3.05, 3.63) is 29.8 Å².